The number of pyridine rings is 1. The van der Waals surface area contributed by atoms with E-state index in [4.69, 9.17) is 16.6 Å². The highest BCUT2D eigenvalue weighted by Gasteiger charge is 2.17. The van der Waals surface area contributed by atoms with Crippen molar-refractivity contribution in [1.82, 2.24) is 15.0 Å². The molecule has 0 spiro atoms. The summed E-state index contributed by atoms with van der Waals surface area (Å²) < 4.78 is 0. The third-order valence-corrected chi connectivity index (χ3v) is 4.82. The predicted octanol–water partition coefficient (Wildman–Crippen LogP) is 5.08. The minimum absolute atomic E-state index is 0.145. The SMILES string of the molecule is CCN(Cc1ccncc1)c1nc(-c2ccccc2O)nc2cc(Cl)ccc12. The zero-order valence-corrected chi connectivity index (χ0v) is 16.1. The summed E-state index contributed by atoms with van der Waals surface area (Å²) in [4.78, 5) is 15.7. The van der Waals surface area contributed by atoms with E-state index in [2.05, 4.69) is 21.8 Å². The molecular weight excluding hydrogens is 372 g/mol. The van der Waals surface area contributed by atoms with Gasteiger partial charge in [-0.3, -0.25) is 4.98 Å². The fourth-order valence-electron chi connectivity index (χ4n) is 3.16. The minimum atomic E-state index is 0.145. The summed E-state index contributed by atoms with van der Waals surface area (Å²) in [7, 11) is 0. The average Bonchev–Trinajstić information content (AvgIpc) is 2.72. The Balaban J connectivity index is 1.89. The number of benzene rings is 2. The molecule has 5 nitrogen and oxygen atoms in total. The lowest BCUT2D eigenvalue weighted by Gasteiger charge is -2.24. The number of anilines is 1. The fraction of sp³-hybridized carbons (Fsp3) is 0.136. The van der Waals surface area contributed by atoms with E-state index in [0.29, 0.717) is 23.0 Å². The molecule has 0 amide bonds. The van der Waals surface area contributed by atoms with Gasteiger partial charge in [0, 0.05) is 35.9 Å². The molecule has 6 heteroatoms. The molecule has 1 N–H and O–H groups in total. The monoisotopic (exact) mass is 390 g/mol. The maximum absolute atomic E-state index is 10.3. The molecule has 4 rings (SSSR count). The van der Waals surface area contributed by atoms with Gasteiger partial charge >= 0.3 is 0 Å². The second kappa shape index (κ2) is 7.82. The lowest BCUT2D eigenvalue weighted by molar-refractivity contribution is 0.477. The Hall–Kier alpha value is -3.18. The number of rotatable bonds is 5. The van der Waals surface area contributed by atoms with E-state index in [1.807, 2.05) is 42.5 Å². The van der Waals surface area contributed by atoms with Gasteiger partial charge in [0.25, 0.3) is 0 Å². The smallest absolute Gasteiger partial charge is 0.165 e. The maximum atomic E-state index is 10.3. The van der Waals surface area contributed by atoms with Crippen LogP contribution in [-0.4, -0.2) is 26.6 Å². The van der Waals surface area contributed by atoms with Crippen molar-refractivity contribution < 1.29 is 5.11 Å². The molecule has 0 unspecified atom stereocenters. The van der Waals surface area contributed by atoms with Crippen LogP contribution in [0.15, 0.2) is 67.0 Å². The van der Waals surface area contributed by atoms with Crippen molar-refractivity contribution in [3.8, 4) is 17.1 Å². The first-order chi connectivity index (χ1) is 13.7. The van der Waals surface area contributed by atoms with Crippen LogP contribution in [0.3, 0.4) is 0 Å². The van der Waals surface area contributed by atoms with E-state index in [1.54, 1.807) is 24.5 Å². The number of halogens is 1. The molecular formula is C22H19ClN4O. The summed E-state index contributed by atoms with van der Waals surface area (Å²) in [5, 5.41) is 11.8. The topological polar surface area (TPSA) is 62.1 Å². The van der Waals surface area contributed by atoms with Crippen LogP contribution in [0.2, 0.25) is 5.02 Å². The number of nitrogens with zero attached hydrogens (tertiary/aromatic N) is 4. The molecule has 0 aliphatic carbocycles. The molecule has 4 aromatic rings. The standard InChI is InChI=1S/C22H19ClN4O/c1-2-27(14-15-9-11-24-12-10-15)22-17-8-7-16(23)13-19(17)25-21(26-22)18-5-3-4-6-20(18)28/h3-13,28H,2,14H2,1H3. The van der Waals surface area contributed by atoms with Gasteiger partial charge in [-0.25, -0.2) is 9.97 Å². The van der Waals surface area contributed by atoms with Gasteiger partial charge in [-0.05, 0) is 55.0 Å². The molecule has 0 aliphatic rings. The molecule has 0 radical (unpaired) electrons. The number of hydrogen-bond donors (Lipinski definition) is 1. The second-order valence-electron chi connectivity index (χ2n) is 6.42. The van der Waals surface area contributed by atoms with Crippen molar-refractivity contribution in [3.63, 3.8) is 0 Å². The second-order valence-corrected chi connectivity index (χ2v) is 6.86. The summed E-state index contributed by atoms with van der Waals surface area (Å²) in [6.07, 6.45) is 3.57. The van der Waals surface area contributed by atoms with Crippen LogP contribution < -0.4 is 4.90 Å². The molecule has 0 saturated heterocycles. The number of phenolic OH excluding ortho intramolecular Hbond substituents is 1. The Morgan fingerprint density at radius 3 is 2.54 bits per heavy atom. The molecule has 0 bridgehead atoms. The summed E-state index contributed by atoms with van der Waals surface area (Å²) >= 11 is 6.21. The third-order valence-electron chi connectivity index (χ3n) is 4.59. The molecule has 0 fully saturated rings. The molecule has 0 aliphatic heterocycles. The largest absolute Gasteiger partial charge is 0.507 e. The molecule has 2 aromatic carbocycles. The van der Waals surface area contributed by atoms with Gasteiger partial charge in [0.05, 0.1) is 11.1 Å². The average molecular weight is 391 g/mol. The summed E-state index contributed by atoms with van der Waals surface area (Å²) in [5.41, 5.74) is 2.47. The van der Waals surface area contributed by atoms with Gasteiger partial charge < -0.3 is 10.0 Å². The summed E-state index contributed by atoms with van der Waals surface area (Å²) in [6, 6.07) is 16.7. The molecule has 140 valence electrons. The number of fused-ring (bicyclic) bond motifs is 1. The molecule has 0 saturated carbocycles. The van der Waals surface area contributed by atoms with Crippen molar-refractivity contribution in [2.75, 3.05) is 11.4 Å². The van der Waals surface area contributed by atoms with Gasteiger partial charge in [-0.15, -0.1) is 0 Å². The van der Waals surface area contributed by atoms with Crippen molar-refractivity contribution in [2.45, 2.75) is 13.5 Å². The predicted molar refractivity (Wildman–Crippen MR) is 113 cm³/mol. The van der Waals surface area contributed by atoms with E-state index in [9.17, 15) is 5.11 Å². The zero-order chi connectivity index (χ0) is 19.5. The third kappa shape index (κ3) is 3.62. The van der Waals surface area contributed by atoms with Crippen LogP contribution in [-0.2, 0) is 6.54 Å². The van der Waals surface area contributed by atoms with Crippen molar-refractivity contribution in [1.29, 1.82) is 0 Å². The van der Waals surface area contributed by atoms with Crippen molar-refractivity contribution in [3.05, 3.63) is 77.6 Å². The zero-order valence-electron chi connectivity index (χ0n) is 15.4. The fourth-order valence-corrected chi connectivity index (χ4v) is 3.32. The van der Waals surface area contributed by atoms with Crippen LogP contribution in [0, 0.1) is 0 Å². The normalized spacial score (nSPS) is 10.9. The number of aromatic hydroxyl groups is 1. The minimum Gasteiger partial charge on any atom is -0.507 e. The number of hydrogen-bond acceptors (Lipinski definition) is 5. The van der Waals surface area contributed by atoms with Crippen LogP contribution in [0.1, 0.15) is 12.5 Å². The first kappa shape index (κ1) is 18.2. The van der Waals surface area contributed by atoms with E-state index >= 15 is 0 Å². The van der Waals surface area contributed by atoms with Gasteiger partial charge in [-0.2, -0.15) is 0 Å². The highest BCUT2D eigenvalue weighted by Crippen LogP contribution is 2.33. The maximum Gasteiger partial charge on any atom is 0.165 e. The molecule has 0 atom stereocenters. The lowest BCUT2D eigenvalue weighted by Crippen LogP contribution is -2.23. The van der Waals surface area contributed by atoms with Crippen molar-refractivity contribution in [2.24, 2.45) is 0 Å². The van der Waals surface area contributed by atoms with Crippen LogP contribution in [0.25, 0.3) is 22.3 Å². The Bertz CT molecular complexity index is 1120. The van der Waals surface area contributed by atoms with Gasteiger partial charge in [-0.1, -0.05) is 23.7 Å². The Morgan fingerprint density at radius 2 is 1.79 bits per heavy atom. The van der Waals surface area contributed by atoms with Crippen LogP contribution in [0.4, 0.5) is 5.82 Å². The Kier molecular flexibility index (Phi) is 5.08. The number of para-hydroxylation sites is 1. The van der Waals surface area contributed by atoms with Gasteiger partial charge in [0.2, 0.25) is 0 Å². The Labute approximate surface area is 168 Å². The van der Waals surface area contributed by atoms with Crippen LogP contribution in [0.5, 0.6) is 5.75 Å². The van der Waals surface area contributed by atoms with E-state index in [1.165, 1.54) is 0 Å². The summed E-state index contributed by atoms with van der Waals surface area (Å²) in [6.45, 7) is 3.54. The van der Waals surface area contributed by atoms with E-state index < -0.39 is 0 Å². The van der Waals surface area contributed by atoms with E-state index in [0.717, 1.165) is 28.8 Å². The molecule has 28 heavy (non-hydrogen) atoms. The quantitative estimate of drug-likeness (QED) is 0.515. The van der Waals surface area contributed by atoms with Crippen LogP contribution >= 0.6 is 11.6 Å². The Morgan fingerprint density at radius 1 is 1.00 bits per heavy atom. The number of phenols is 1. The van der Waals surface area contributed by atoms with Crippen molar-refractivity contribution >= 4 is 28.3 Å². The van der Waals surface area contributed by atoms with Gasteiger partial charge in [0.1, 0.15) is 11.6 Å². The first-order valence-corrected chi connectivity index (χ1v) is 9.43. The van der Waals surface area contributed by atoms with Gasteiger partial charge in [0.15, 0.2) is 5.82 Å². The first-order valence-electron chi connectivity index (χ1n) is 9.05. The number of aromatic nitrogens is 3. The molecule has 2 heterocycles. The highest BCUT2D eigenvalue weighted by atomic mass is 35.5. The molecule has 2 aromatic heterocycles. The summed E-state index contributed by atoms with van der Waals surface area (Å²) in [5.74, 6) is 1.42. The highest BCUT2D eigenvalue weighted by molar-refractivity contribution is 6.31. The van der Waals surface area contributed by atoms with E-state index in [-0.39, 0.29) is 5.75 Å². The lowest BCUT2D eigenvalue weighted by atomic mass is 10.1.